The molecule has 0 aliphatic heterocycles. The molecule has 0 saturated carbocycles. The van der Waals surface area contributed by atoms with Gasteiger partial charge in [0, 0.05) is 0 Å². The van der Waals surface area contributed by atoms with Crippen LogP contribution in [0.5, 0.6) is 0 Å². The maximum absolute atomic E-state index is 2.28. The smallest absolute Gasteiger partial charge is 0.0218 e. The van der Waals surface area contributed by atoms with E-state index in [0.29, 0.717) is 5.92 Å². The molecule has 1 aromatic carbocycles. The van der Waals surface area contributed by atoms with E-state index in [1.807, 2.05) is 0 Å². The summed E-state index contributed by atoms with van der Waals surface area (Å²) in [6, 6.07) is 10.6. The second-order valence-corrected chi connectivity index (χ2v) is 4.06. The van der Waals surface area contributed by atoms with Gasteiger partial charge in [-0.05, 0) is 31.7 Å². The minimum Gasteiger partial charge on any atom is -0.0847 e. The first kappa shape index (κ1) is 11.8. The average Bonchev–Trinajstić information content (AvgIpc) is 2.27. The number of hydrogen-bond donors (Lipinski definition) is 0. The first-order chi connectivity index (χ1) is 7.22. The third-order valence-electron chi connectivity index (χ3n) is 2.54. The van der Waals surface area contributed by atoms with Crippen LogP contribution in [0.25, 0.3) is 0 Å². The molecule has 1 unspecified atom stereocenters. The van der Waals surface area contributed by atoms with Crippen LogP contribution < -0.4 is 0 Å². The summed E-state index contributed by atoms with van der Waals surface area (Å²) in [5, 5.41) is 0. The molecule has 0 saturated heterocycles. The Labute approximate surface area is 93.3 Å². The van der Waals surface area contributed by atoms with Gasteiger partial charge in [0.05, 0.1) is 0 Å². The molecule has 0 N–H and O–H groups in total. The Hall–Kier alpha value is -1.30. The van der Waals surface area contributed by atoms with Crippen molar-refractivity contribution in [3.8, 4) is 0 Å². The lowest BCUT2D eigenvalue weighted by Gasteiger charge is -2.05. The van der Waals surface area contributed by atoms with E-state index in [9.17, 15) is 0 Å². The molecule has 1 atom stereocenters. The Kier molecular flexibility index (Phi) is 4.89. The molecular weight excluding hydrogens is 180 g/mol. The van der Waals surface area contributed by atoms with Gasteiger partial charge in [-0.1, -0.05) is 61.1 Å². The summed E-state index contributed by atoms with van der Waals surface area (Å²) in [6.07, 6.45) is 7.73. The van der Waals surface area contributed by atoms with Gasteiger partial charge < -0.3 is 0 Å². The maximum atomic E-state index is 2.28. The molecule has 1 rings (SSSR count). The summed E-state index contributed by atoms with van der Waals surface area (Å²) in [6.45, 7) is 6.46. The van der Waals surface area contributed by atoms with Crippen LogP contribution in [-0.2, 0) is 6.42 Å². The highest BCUT2D eigenvalue weighted by molar-refractivity contribution is 5.19. The van der Waals surface area contributed by atoms with Crippen molar-refractivity contribution in [2.24, 2.45) is 5.92 Å². The fraction of sp³-hybridized carbons (Fsp3) is 0.333. The highest BCUT2D eigenvalue weighted by Crippen LogP contribution is 2.10. The van der Waals surface area contributed by atoms with Gasteiger partial charge in [-0.25, -0.2) is 0 Å². The largest absolute Gasteiger partial charge is 0.0847 e. The summed E-state index contributed by atoms with van der Waals surface area (Å²) in [7, 11) is 0. The molecule has 80 valence electrons. The van der Waals surface area contributed by atoms with Gasteiger partial charge in [0.1, 0.15) is 0 Å². The first-order valence-electron chi connectivity index (χ1n) is 5.57. The fourth-order valence-corrected chi connectivity index (χ4v) is 1.47. The Morgan fingerprint density at radius 1 is 1.27 bits per heavy atom. The molecule has 0 fully saturated rings. The van der Waals surface area contributed by atoms with Crippen molar-refractivity contribution in [1.29, 1.82) is 0 Å². The molecule has 0 nitrogen and oxygen atoms in total. The molecule has 0 aliphatic carbocycles. The quantitative estimate of drug-likeness (QED) is 0.632. The van der Waals surface area contributed by atoms with Gasteiger partial charge in [-0.2, -0.15) is 0 Å². The van der Waals surface area contributed by atoms with Crippen molar-refractivity contribution < 1.29 is 0 Å². The topological polar surface area (TPSA) is 0 Å². The van der Waals surface area contributed by atoms with E-state index in [-0.39, 0.29) is 0 Å². The highest BCUT2D eigenvalue weighted by Gasteiger charge is 1.98. The van der Waals surface area contributed by atoms with Gasteiger partial charge in [-0.3, -0.25) is 0 Å². The monoisotopic (exact) mass is 200 g/mol. The summed E-state index contributed by atoms with van der Waals surface area (Å²) in [5.74, 6) is 0.599. The lowest BCUT2D eigenvalue weighted by atomic mass is 10.00. The highest BCUT2D eigenvalue weighted by atomic mass is 14.0. The number of hydrogen-bond acceptors (Lipinski definition) is 0. The summed E-state index contributed by atoms with van der Waals surface area (Å²) in [4.78, 5) is 0. The standard InChI is InChI=1S/C15H20/c1-4-13(2)10-11-14(3)12-15-8-6-5-7-9-15/h4-11,14H,12H2,1-3H3/b11-10-,13-4-. The Morgan fingerprint density at radius 2 is 1.93 bits per heavy atom. The normalized spacial score (nSPS) is 14.5. The molecule has 1 aromatic rings. The van der Waals surface area contributed by atoms with Gasteiger partial charge in [0.2, 0.25) is 0 Å². The summed E-state index contributed by atoms with van der Waals surface area (Å²) >= 11 is 0. The minimum atomic E-state index is 0.599. The third-order valence-corrected chi connectivity index (χ3v) is 2.54. The molecule has 0 bridgehead atoms. The first-order valence-corrected chi connectivity index (χ1v) is 5.57. The Morgan fingerprint density at radius 3 is 2.53 bits per heavy atom. The lowest BCUT2D eigenvalue weighted by Crippen LogP contribution is -1.95. The van der Waals surface area contributed by atoms with Crippen molar-refractivity contribution in [2.75, 3.05) is 0 Å². The van der Waals surface area contributed by atoms with Crippen LogP contribution in [0, 0.1) is 5.92 Å². The Balaban J connectivity index is 2.50. The van der Waals surface area contributed by atoms with Crippen LogP contribution in [0.4, 0.5) is 0 Å². The predicted molar refractivity (Wildman–Crippen MR) is 67.9 cm³/mol. The van der Waals surface area contributed by atoms with Crippen molar-refractivity contribution in [3.05, 3.63) is 59.7 Å². The van der Waals surface area contributed by atoms with E-state index >= 15 is 0 Å². The predicted octanol–water partition coefficient (Wildman–Crippen LogP) is 4.39. The average molecular weight is 200 g/mol. The second kappa shape index (κ2) is 6.23. The van der Waals surface area contributed by atoms with E-state index < -0.39 is 0 Å². The lowest BCUT2D eigenvalue weighted by molar-refractivity contribution is 0.723. The van der Waals surface area contributed by atoms with E-state index in [2.05, 4.69) is 69.3 Å². The number of allylic oxidation sites excluding steroid dienone is 4. The van der Waals surface area contributed by atoms with Gasteiger partial charge in [-0.15, -0.1) is 0 Å². The molecule has 0 spiro atoms. The van der Waals surface area contributed by atoms with Crippen LogP contribution in [0.1, 0.15) is 26.3 Å². The molecule has 0 amide bonds. The van der Waals surface area contributed by atoms with E-state index in [4.69, 9.17) is 0 Å². The number of benzene rings is 1. The Bertz CT molecular complexity index is 330. The van der Waals surface area contributed by atoms with Gasteiger partial charge in [0.25, 0.3) is 0 Å². The zero-order valence-electron chi connectivity index (χ0n) is 9.90. The molecule has 0 aliphatic rings. The minimum absolute atomic E-state index is 0.599. The zero-order chi connectivity index (χ0) is 11.1. The fourth-order valence-electron chi connectivity index (χ4n) is 1.47. The molecule has 0 radical (unpaired) electrons. The van der Waals surface area contributed by atoms with Crippen molar-refractivity contribution in [2.45, 2.75) is 27.2 Å². The van der Waals surface area contributed by atoms with Crippen LogP contribution in [0.2, 0.25) is 0 Å². The molecule has 15 heavy (non-hydrogen) atoms. The van der Waals surface area contributed by atoms with E-state index in [1.54, 1.807) is 0 Å². The molecule has 0 heterocycles. The van der Waals surface area contributed by atoms with E-state index in [0.717, 1.165) is 6.42 Å². The zero-order valence-corrected chi connectivity index (χ0v) is 9.90. The van der Waals surface area contributed by atoms with Crippen LogP contribution in [-0.4, -0.2) is 0 Å². The molecule has 0 heteroatoms. The van der Waals surface area contributed by atoms with Crippen LogP contribution >= 0.6 is 0 Å². The second-order valence-electron chi connectivity index (χ2n) is 4.06. The number of rotatable bonds is 4. The summed E-state index contributed by atoms with van der Waals surface area (Å²) < 4.78 is 0. The van der Waals surface area contributed by atoms with Crippen molar-refractivity contribution in [1.82, 2.24) is 0 Å². The van der Waals surface area contributed by atoms with Crippen LogP contribution in [0.15, 0.2) is 54.1 Å². The SMILES string of the molecule is C/C=C(C)\C=C/C(C)Cc1ccccc1. The molecule has 0 aromatic heterocycles. The molecular formula is C15H20. The van der Waals surface area contributed by atoms with E-state index in [1.165, 1.54) is 11.1 Å². The summed E-state index contributed by atoms with van der Waals surface area (Å²) in [5.41, 5.74) is 2.74. The van der Waals surface area contributed by atoms with Crippen molar-refractivity contribution in [3.63, 3.8) is 0 Å². The van der Waals surface area contributed by atoms with Gasteiger partial charge >= 0.3 is 0 Å². The third kappa shape index (κ3) is 4.64. The van der Waals surface area contributed by atoms with Crippen LogP contribution in [0.3, 0.4) is 0 Å². The van der Waals surface area contributed by atoms with Crippen molar-refractivity contribution >= 4 is 0 Å². The maximum Gasteiger partial charge on any atom is -0.0218 e. The van der Waals surface area contributed by atoms with Gasteiger partial charge in [0.15, 0.2) is 0 Å².